The number of hydrogen-bond acceptors (Lipinski definition) is 5. The van der Waals surface area contributed by atoms with Gasteiger partial charge in [-0.05, 0) is 49.4 Å². The zero-order valence-electron chi connectivity index (χ0n) is 13.7. The summed E-state index contributed by atoms with van der Waals surface area (Å²) in [7, 11) is 3.07. The van der Waals surface area contributed by atoms with Gasteiger partial charge in [-0.1, -0.05) is 6.07 Å². The average Bonchev–Trinajstić information content (AvgIpc) is 2.62. The number of hydrogen-bond donors (Lipinski definition) is 1. The van der Waals surface area contributed by atoms with E-state index in [1.807, 2.05) is 0 Å². The molecule has 6 nitrogen and oxygen atoms in total. The molecular weight excluding hydrogens is 310 g/mol. The molecule has 0 saturated carbocycles. The molecular formula is C18H19NO5. The summed E-state index contributed by atoms with van der Waals surface area (Å²) < 4.78 is 15.3. The predicted octanol–water partition coefficient (Wildman–Crippen LogP) is 2.89. The highest BCUT2D eigenvalue weighted by atomic mass is 16.5. The van der Waals surface area contributed by atoms with Crippen molar-refractivity contribution < 1.29 is 23.8 Å². The first-order chi connectivity index (χ1) is 11.5. The second-order valence-corrected chi connectivity index (χ2v) is 5.00. The minimum absolute atomic E-state index is 0.318. The molecule has 0 spiro atoms. The lowest BCUT2D eigenvalue weighted by molar-refractivity contribution is -0.123. The molecule has 2 aromatic rings. The van der Waals surface area contributed by atoms with E-state index in [-0.39, 0.29) is 0 Å². The van der Waals surface area contributed by atoms with Crippen molar-refractivity contribution in [3.05, 3.63) is 54.1 Å². The highest BCUT2D eigenvalue weighted by molar-refractivity contribution is 5.97. The Kier molecular flexibility index (Phi) is 5.78. The van der Waals surface area contributed by atoms with E-state index in [4.69, 9.17) is 14.2 Å². The first-order valence-corrected chi connectivity index (χ1v) is 7.33. The molecule has 0 fully saturated rings. The molecule has 0 radical (unpaired) electrons. The normalized spacial score (nSPS) is 11.3. The van der Waals surface area contributed by atoms with E-state index in [9.17, 15) is 9.59 Å². The molecule has 1 atom stereocenters. The SMILES string of the molecule is COc1ccc(NC(=O)C(C)OC(=O)c2cccc(OC)c2)cc1. The quantitative estimate of drug-likeness (QED) is 0.825. The molecule has 2 aromatic carbocycles. The molecule has 126 valence electrons. The molecule has 0 aliphatic rings. The minimum atomic E-state index is -0.939. The van der Waals surface area contributed by atoms with Crippen molar-refractivity contribution in [2.24, 2.45) is 0 Å². The highest BCUT2D eigenvalue weighted by Gasteiger charge is 2.19. The summed E-state index contributed by atoms with van der Waals surface area (Å²) in [6.07, 6.45) is -0.939. The van der Waals surface area contributed by atoms with E-state index < -0.39 is 18.0 Å². The number of carbonyl (C=O) groups excluding carboxylic acids is 2. The number of anilines is 1. The standard InChI is InChI=1S/C18H19NO5/c1-12(17(20)19-14-7-9-15(22-2)10-8-14)24-18(21)13-5-4-6-16(11-13)23-3/h4-12H,1-3H3,(H,19,20). The largest absolute Gasteiger partial charge is 0.497 e. The Bertz CT molecular complexity index is 712. The molecule has 0 bridgehead atoms. The third-order valence-corrected chi connectivity index (χ3v) is 3.32. The summed E-state index contributed by atoms with van der Waals surface area (Å²) in [4.78, 5) is 24.2. The predicted molar refractivity (Wildman–Crippen MR) is 89.5 cm³/mol. The third-order valence-electron chi connectivity index (χ3n) is 3.32. The van der Waals surface area contributed by atoms with E-state index in [0.29, 0.717) is 22.7 Å². The van der Waals surface area contributed by atoms with Crippen molar-refractivity contribution in [1.29, 1.82) is 0 Å². The molecule has 0 heterocycles. The number of ether oxygens (including phenoxy) is 3. The van der Waals surface area contributed by atoms with E-state index >= 15 is 0 Å². The zero-order valence-corrected chi connectivity index (χ0v) is 13.7. The van der Waals surface area contributed by atoms with Crippen molar-refractivity contribution in [2.75, 3.05) is 19.5 Å². The lowest BCUT2D eigenvalue weighted by Gasteiger charge is -2.14. The van der Waals surface area contributed by atoms with Crippen LogP contribution in [0, 0.1) is 0 Å². The Hall–Kier alpha value is -3.02. The molecule has 1 unspecified atom stereocenters. The lowest BCUT2D eigenvalue weighted by Crippen LogP contribution is -2.30. The van der Waals surface area contributed by atoms with Crippen molar-refractivity contribution in [3.8, 4) is 11.5 Å². The van der Waals surface area contributed by atoms with Crippen LogP contribution in [0.4, 0.5) is 5.69 Å². The van der Waals surface area contributed by atoms with Crippen molar-refractivity contribution in [3.63, 3.8) is 0 Å². The fourth-order valence-electron chi connectivity index (χ4n) is 1.95. The maximum atomic E-state index is 12.1. The first-order valence-electron chi connectivity index (χ1n) is 7.33. The molecule has 0 saturated heterocycles. The molecule has 2 rings (SSSR count). The summed E-state index contributed by atoms with van der Waals surface area (Å²) in [5.74, 6) is 0.216. The van der Waals surface area contributed by atoms with Gasteiger partial charge in [0.05, 0.1) is 19.8 Å². The number of esters is 1. The van der Waals surface area contributed by atoms with E-state index in [0.717, 1.165) is 0 Å². The lowest BCUT2D eigenvalue weighted by atomic mass is 10.2. The van der Waals surface area contributed by atoms with Crippen molar-refractivity contribution >= 4 is 17.6 Å². The van der Waals surface area contributed by atoms with Crippen LogP contribution >= 0.6 is 0 Å². The summed E-state index contributed by atoms with van der Waals surface area (Å²) in [6, 6.07) is 13.4. The van der Waals surface area contributed by atoms with Crippen LogP contribution in [0.1, 0.15) is 17.3 Å². The van der Waals surface area contributed by atoms with Crippen LogP contribution in [-0.2, 0) is 9.53 Å². The number of amides is 1. The Balaban J connectivity index is 1.95. The molecule has 1 N–H and O–H groups in total. The topological polar surface area (TPSA) is 73.9 Å². The van der Waals surface area contributed by atoms with Crippen molar-refractivity contribution in [1.82, 2.24) is 0 Å². The molecule has 24 heavy (non-hydrogen) atoms. The van der Waals surface area contributed by atoms with E-state index in [1.165, 1.54) is 14.0 Å². The van der Waals surface area contributed by atoms with Gasteiger partial charge < -0.3 is 19.5 Å². The molecule has 0 aromatic heterocycles. The molecule has 1 amide bonds. The van der Waals surface area contributed by atoms with Crippen LogP contribution in [0.15, 0.2) is 48.5 Å². The second kappa shape index (κ2) is 8.01. The van der Waals surface area contributed by atoms with Gasteiger partial charge in [0, 0.05) is 5.69 Å². The molecule has 6 heteroatoms. The molecule has 0 aliphatic heterocycles. The molecule has 0 aliphatic carbocycles. The van der Waals surface area contributed by atoms with Gasteiger partial charge >= 0.3 is 5.97 Å². The van der Waals surface area contributed by atoms with E-state index in [2.05, 4.69) is 5.32 Å². The van der Waals surface area contributed by atoms with Gasteiger partial charge in [-0.3, -0.25) is 4.79 Å². The Morgan fingerprint density at radius 2 is 1.62 bits per heavy atom. The first kappa shape index (κ1) is 17.3. The fourth-order valence-corrected chi connectivity index (χ4v) is 1.95. The fraction of sp³-hybridized carbons (Fsp3) is 0.222. The Morgan fingerprint density at radius 3 is 2.25 bits per heavy atom. The maximum Gasteiger partial charge on any atom is 0.339 e. The van der Waals surface area contributed by atoms with Gasteiger partial charge in [0.15, 0.2) is 6.10 Å². The van der Waals surface area contributed by atoms with Crippen molar-refractivity contribution in [2.45, 2.75) is 13.0 Å². The number of benzene rings is 2. The maximum absolute atomic E-state index is 12.1. The monoisotopic (exact) mass is 329 g/mol. The summed E-state index contributed by atoms with van der Waals surface area (Å²) in [5.41, 5.74) is 0.906. The third kappa shape index (κ3) is 4.49. The van der Waals surface area contributed by atoms with Gasteiger partial charge in [-0.2, -0.15) is 0 Å². The van der Waals surface area contributed by atoms with Gasteiger partial charge in [-0.15, -0.1) is 0 Å². The van der Waals surface area contributed by atoms with Gasteiger partial charge in [0.2, 0.25) is 0 Å². The Labute approximate surface area is 140 Å². The number of nitrogens with one attached hydrogen (secondary N) is 1. The Morgan fingerprint density at radius 1 is 0.958 bits per heavy atom. The second-order valence-electron chi connectivity index (χ2n) is 5.00. The van der Waals surface area contributed by atoms with Crippen LogP contribution in [0.5, 0.6) is 11.5 Å². The summed E-state index contributed by atoms with van der Waals surface area (Å²) in [6.45, 7) is 1.51. The van der Waals surface area contributed by atoms with Crippen LogP contribution in [0.3, 0.4) is 0 Å². The number of methoxy groups -OCH3 is 2. The van der Waals surface area contributed by atoms with Crippen LogP contribution in [-0.4, -0.2) is 32.2 Å². The smallest absolute Gasteiger partial charge is 0.339 e. The number of rotatable bonds is 6. The highest BCUT2D eigenvalue weighted by Crippen LogP contribution is 2.16. The zero-order chi connectivity index (χ0) is 17.5. The van der Waals surface area contributed by atoms with Crippen LogP contribution in [0.2, 0.25) is 0 Å². The van der Waals surface area contributed by atoms with Gasteiger partial charge in [0.25, 0.3) is 5.91 Å². The minimum Gasteiger partial charge on any atom is -0.497 e. The van der Waals surface area contributed by atoms with Gasteiger partial charge in [-0.25, -0.2) is 4.79 Å². The number of carbonyl (C=O) groups is 2. The summed E-state index contributed by atoms with van der Waals surface area (Å²) >= 11 is 0. The van der Waals surface area contributed by atoms with Crippen LogP contribution in [0.25, 0.3) is 0 Å². The van der Waals surface area contributed by atoms with Crippen LogP contribution < -0.4 is 14.8 Å². The van der Waals surface area contributed by atoms with E-state index in [1.54, 1.807) is 55.6 Å². The van der Waals surface area contributed by atoms with Gasteiger partial charge in [0.1, 0.15) is 11.5 Å². The average molecular weight is 329 g/mol. The summed E-state index contributed by atoms with van der Waals surface area (Å²) in [5, 5.41) is 2.68.